The van der Waals surface area contributed by atoms with E-state index in [1.165, 1.54) is 5.56 Å². The van der Waals surface area contributed by atoms with Crippen LogP contribution in [0.5, 0.6) is 0 Å². The summed E-state index contributed by atoms with van der Waals surface area (Å²) in [7, 11) is 0. The number of carbonyl (C=O) groups excluding carboxylic acids is 2. The lowest BCUT2D eigenvalue weighted by Gasteiger charge is -2.31. The van der Waals surface area contributed by atoms with Gasteiger partial charge in [0.05, 0.1) is 6.61 Å². The fraction of sp³-hybridized carbons (Fsp3) is 0.263. The highest BCUT2D eigenvalue weighted by Gasteiger charge is 2.28. The van der Waals surface area contributed by atoms with Crippen LogP contribution < -0.4 is 5.32 Å². The molecule has 1 aliphatic rings. The molecule has 3 N–H and O–H groups in total. The first-order valence-electron chi connectivity index (χ1n) is 8.73. The van der Waals surface area contributed by atoms with Crippen LogP contribution >= 0.6 is 0 Å². The fourth-order valence-electron chi connectivity index (χ4n) is 3.31. The van der Waals surface area contributed by atoms with Crippen LogP contribution in [-0.2, 0) is 17.8 Å². The Kier molecular flexibility index (Phi) is 4.55. The highest BCUT2D eigenvalue weighted by atomic mass is 16.3. The predicted octanol–water partition coefficient (Wildman–Crippen LogP) is 0.633. The zero-order valence-electron chi connectivity index (χ0n) is 14.6. The smallest absolute Gasteiger partial charge is 0.252 e. The lowest BCUT2D eigenvalue weighted by atomic mass is 9.99. The SMILES string of the molecule is O=C(NC(CO)C(=O)N1CCc2ccccc2C1)c1ccc2n[nH]nc2c1. The molecule has 0 radical (unpaired) electrons. The third-order valence-electron chi connectivity index (χ3n) is 4.81. The molecule has 0 aliphatic carbocycles. The van der Waals surface area contributed by atoms with Gasteiger partial charge in [0.2, 0.25) is 5.91 Å². The van der Waals surface area contributed by atoms with E-state index in [0.29, 0.717) is 29.7 Å². The Bertz CT molecular complexity index is 1000. The number of aliphatic hydroxyl groups excluding tert-OH is 1. The van der Waals surface area contributed by atoms with E-state index in [1.807, 2.05) is 18.2 Å². The monoisotopic (exact) mass is 365 g/mol. The Morgan fingerprint density at radius 1 is 1.15 bits per heavy atom. The van der Waals surface area contributed by atoms with Gasteiger partial charge in [-0.25, -0.2) is 0 Å². The van der Waals surface area contributed by atoms with Gasteiger partial charge in [0.15, 0.2) is 0 Å². The van der Waals surface area contributed by atoms with E-state index in [1.54, 1.807) is 23.1 Å². The molecular formula is C19H19N5O3. The number of hydrogen-bond donors (Lipinski definition) is 3. The van der Waals surface area contributed by atoms with Crippen molar-refractivity contribution in [3.8, 4) is 0 Å². The Labute approximate surface area is 155 Å². The van der Waals surface area contributed by atoms with E-state index >= 15 is 0 Å². The average molecular weight is 365 g/mol. The van der Waals surface area contributed by atoms with E-state index < -0.39 is 18.6 Å². The molecule has 4 rings (SSSR count). The quantitative estimate of drug-likeness (QED) is 0.628. The van der Waals surface area contributed by atoms with Gasteiger partial charge in [-0.15, -0.1) is 0 Å². The zero-order valence-corrected chi connectivity index (χ0v) is 14.6. The number of hydrogen-bond acceptors (Lipinski definition) is 5. The predicted molar refractivity (Wildman–Crippen MR) is 97.8 cm³/mol. The number of aliphatic hydroxyl groups is 1. The molecule has 0 bridgehead atoms. The normalized spacial score (nSPS) is 14.6. The molecule has 0 saturated carbocycles. The maximum atomic E-state index is 12.8. The van der Waals surface area contributed by atoms with E-state index in [0.717, 1.165) is 12.0 Å². The number of nitrogens with zero attached hydrogens (tertiary/aromatic N) is 3. The molecule has 1 unspecified atom stereocenters. The average Bonchev–Trinajstić information content (AvgIpc) is 3.18. The fourth-order valence-corrected chi connectivity index (χ4v) is 3.31. The maximum Gasteiger partial charge on any atom is 0.252 e. The molecule has 3 aromatic rings. The standard InChI is InChI=1S/C19H19N5O3/c25-11-17(19(27)24-8-7-12-3-1-2-4-14(12)10-24)20-18(26)13-5-6-15-16(9-13)22-23-21-15/h1-6,9,17,25H,7-8,10-11H2,(H,20,26)(H,21,22,23). The molecule has 138 valence electrons. The van der Waals surface area contributed by atoms with Crippen molar-refractivity contribution in [2.75, 3.05) is 13.2 Å². The van der Waals surface area contributed by atoms with Gasteiger partial charge in [0.1, 0.15) is 17.1 Å². The molecule has 1 atom stereocenters. The zero-order chi connectivity index (χ0) is 18.8. The molecule has 0 spiro atoms. The summed E-state index contributed by atoms with van der Waals surface area (Å²) in [6.45, 7) is 0.578. The van der Waals surface area contributed by atoms with Crippen LogP contribution in [0, 0.1) is 0 Å². The van der Waals surface area contributed by atoms with Crippen LogP contribution in [0.3, 0.4) is 0 Å². The minimum atomic E-state index is -0.990. The molecule has 1 aromatic heterocycles. The highest BCUT2D eigenvalue weighted by molar-refractivity contribution is 5.99. The van der Waals surface area contributed by atoms with Gasteiger partial charge in [-0.3, -0.25) is 9.59 Å². The van der Waals surface area contributed by atoms with E-state index in [4.69, 9.17) is 0 Å². The molecule has 1 aliphatic heterocycles. The summed E-state index contributed by atoms with van der Waals surface area (Å²) in [6, 6.07) is 11.9. The summed E-state index contributed by atoms with van der Waals surface area (Å²) in [5.41, 5.74) is 3.88. The van der Waals surface area contributed by atoms with Crippen molar-refractivity contribution in [1.82, 2.24) is 25.6 Å². The van der Waals surface area contributed by atoms with Gasteiger partial charge in [-0.05, 0) is 35.7 Å². The van der Waals surface area contributed by atoms with Crippen molar-refractivity contribution in [2.45, 2.75) is 19.0 Å². The molecule has 2 amide bonds. The first kappa shape index (κ1) is 17.2. The molecule has 27 heavy (non-hydrogen) atoms. The second kappa shape index (κ2) is 7.16. The summed E-state index contributed by atoms with van der Waals surface area (Å²) in [5.74, 6) is -0.729. The van der Waals surface area contributed by atoms with Gasteiger partial charge in [-0.1, -0.05) is 24.3 Å². The third-order valence-corrected chi connectivity index (χ3v) is 4.81. The Morgan fingerprint density at radius 2 is 1.93 bits per heavy atom. The Morgan fingerprint density at radius 3 is 2.74 bits per heavy atom. The number of amides is 2. The number of benzene rings is 2. The first-order chi connectivity index (χ1) is 13.2. The number of nitrogens with one attached hydrogen (secondary N) is 2. The number of aromatic nitrogens is 3. The highest BCUT2D eigenvalue weighted by Crippen LogP contribution is 2.19. The summed E-state index contributed by atoms with van der Waals surface area (Å²) in [4.78, 5) is 27.0. The molecule has 0 fully saturated rings. The topological polar surface area (TPSA) is 111 Å². The second-order valence-electron chi connectivity index (χ2n) is 6.51. The minimum absolute atomic E-state index is 0.289. The van der Waals surface area contributed by atoms with Crippen molar-refractivity contribution in [3.63, 3.8) is 0 Å². The van der Waals surface area contributed by atoms with E-state index in [-0.39, 0.29) is 5.91 Å². The van der Waals surface area contributed by atoms with Crippen LogP contribution in [0.4, 0.5) is 0 Å². The summed E-state index contributed by atoms with van der Waals surface area (Å²) < 4.78 is 0. The minimum Gasteiger partial charge on any atom is -0.394 e. The maximum absolute atomic E-state index is 12.8. The van der Waals surface area contributed by atoms with Crippen molar-refractivity contribution in [3.05, 3.63) is 59.2 Å². The number of H-pyrrole nitrogens is 1. The molecule has 8 nitrogen and oxygen atoms in total. The Hall–Kier alpha value is -3.26. The third kappa shape index (κ3) is 3.39. The lowest BCUT2D eigenvalue weighted by molar-refractivity contribution is -0.135. The van der Waals surface area contributed by atoms with Gasteiger partial charge in [0, 0.05) is 18.7 Å². The van der Waals surface area contributed by atoms with Gasteiger partial charge < -0.3 is 15.3 Å². The number of rotatable bonds is 4. The summed E-state index contributed by atoms with van der Waals surface area (Å²) in [5, 5.41) is 22.7. The van der Waals surface area contributed by atoms with Crippen molar-refractivity contribution in [1.29, 1.82) is 0 Å². The molecule has 2 aromatic carbocycles. The van der Waals surface area contributed by atoms with Gasteiger partial charge in [0.25, 0.3) is 5.91 Å². The van der Waals surface area contributed by atoms with Crippen LogP contribution in [-0.4, -0.2) is 56.4 Å². The van der Waals surface area contributed by atoms with Crippen molar-refractivity contribution >= 4 is 22.8 Å². The van der Waals surface area contributed by atoms with Gasteiger partial charge >= 0.3 is 0 Å². The van der Waals surface area contributed by atoms with E-state index in [2.05, 4.69) is 26.8 Å². The van der Waals surface area contributed by atoms with E-state index in [9.17, 15) is 14.7 Å². The Balaban J connectivity index is 1.46. The number of fused-ring (bicyclic) bond motifs is 2. The molecular weight excluding hydrogens is 346 g/mol. The van der Waals surface area contributed by atoms with Crippen molar-refractivity contribution in [2.24, 2.45) is 0 Å². The van der Waals surface area contributed by atoms with Gasteiger partial charge in [-0.2, -0.15) is 15.4 Å². The largest absolute Gasteiger partial charge is 0.394 e. The molecule has 2 heterocycles. The van der Waals surface area contributed by atoms with Crippen LogP contribution in [0.25, 0.3) is 11.0 Å². The number of aromatic amines is 1. The van der Waals surface area contributed by atoms with Crippen LogP contribution in [0.1, 0.15) is 21.5 Å². The number of carbonyl (C=O) groups is 2. The van der Waals surface area contributed by atoms with Crippen LogP contribution in [0.2, 0.25) is 0 Å². The lowest BCUT2D eigenvalue weighted by Crippen LogP contribution is -2.51. The molecule has 8 heteroatoms. The first-order valence-corrected chi connectivity index (χ1v) is 8.73. The summed E-state index contributed by atoms with van der Waals surface area (Å²) in [6.07, 6.45) is 0.761. The van der Waals surface area contributed by atoms with Crippen LogP contribution in [0.15, 0.2) is 42.5 Å². The summed E-state index contributed by atoms with van der Waals surface area (Å²) >= 11 is 0. The second-order valence-corrected chi connectivity index (χ2v) is 6.51. The van der Waals surface area contributed by atoms with Crippen molar-refractivity contribution < 1.29 is 14.7 Å². The molecule has 0 saturated heterocycles.